The Morgan fingerprint density at radius 3 is 2.27 bits per heavy atom. The van der Waals surface area contributed by atoms with E-state index in [1.807, 2.05) is 12.1 Å². The van der Waals surface area contributed by atoms with Crippen LogP contribution >= 0.6 is 0 Å². The Hall–Kier alpha value is -0.960. The van der Waals surface area contributed by atoms with E-state index in [1.165, 1.54) is 0 Å². The van der Waals surface area contributed by atoms with Crippen molar-refractivity contribution in [3.8, 4) is 0 Å². The summed E-state index contributed by atoms with van der Waals surface area (Å²) in [4.78, 5) is 0. The molecule has 0 saturated heterocycles. The summed E-state index contributed by atoms with van der Waals surface area (Å²) in [7, 11) is 0. The number of aliphatic hydroxyl groups is 1. The quantitative estimate of drug-likeness (QED) is 0.816. The molecule has 2 atom stereocenters. The van der Waals surface area contributed by atoms with Gasteiger partial charge in [-0.2, -0.15) is 0 Å². The second-order valence-electron chi connectivity index (χ2n) is 4.08. The van der Waals surface area contributed by atoms with Crippen LogP contribution < -0.4 is 0 Å². The predicted molar refractivity (Wildman–Crippen MR) is 53.8 cm³/mol. The molecule has 1 aliphatic carbocycles. The molecule has 3 heteroatoms. The minimum absolute atomic E-state index is 0.00320. The van der Waals surface area contributed by atoms with Crippen LogP contribution in [0.15, 0.2) is 24.3 Å². The first-order valence-electron chi connectivity index (χ1n) is 5.20. The van der Waals surface area contributed by atoms with Crippen LogP contribution in [-0.2, 0) is 6.61 Å². The van der Waals surface area contributed by atoms with Crippen LogP contribution in [0.25, 0.3) is 0 Å². The van der Waals surface area contributed by atoms with Gasteiger partial charge in [0.2, 0.25) is 6.43 Å². The first kappa shape index (κ1) is 10.6. The molecule has 0 heterocycles. The summed E-state index contributed by atoms with van der Waals surface area (Å²) >= 11 is 0. The summed E-state index contributed by atoms with van der Waals surface area (Å²) in [6.45, 7) is 0.00320. The van der Waals surface area contributed by atoms with Gasteiger partial charge in [-0.3, -0.25) is 0 Å². The highest BCUT2D eigenvalue weighted by atomic mass is 19.3. The average molecular weight is 212 g/mol. The third-order valence-electron chi connectivity index (χ3n) is 3.24. The molecule has 0 aliphatic heterocycles. The Kier molecular flexibility index (Phi) is 3.00. The summed E-state index contributed by atoms with van der Waals surface area (Å²) in [6, 6.07) is 7.31. The third kappa shape index (κ3) is 2.02. The number of halogens is 2. The molecule has 0 radical (unpaired) electrons. The lowest BCUT2D eigenvalue weighted by Crippen LogP contribution is -2.29. The van der Waals surface area contributed by atoms with Gasteiger partial charge >= 0.3 is 0 Å². The fourth-order valence-corrected chi connectivity index (χ4v) is 2.11. The monoisotopic (exact) mass is 212 g/mol. The topological polar surface area (TPSA) is 20.2 Å². The van der Waals surface area contributed by atoms with Crippen LogP contribution in [-0.4, -0.2) is 11.5 Å². The Bertz CT molecular complexity index is 321. The number of alkyl halides is 2. The standard InChI is InChI=1S/C12H14F2O/c13-12(14)11-6-5-10(11)9-3-1-8(7-15)2-4-9/h1-4,10-12,15H,5-7H2. The molecule has 1 aromatic rings. The fourth-order valence-electron chi connectivity index (χ4n) is 2.11. The van der Waals surface area contributed by atoms with E-state index in [-0.39, 0.29) is 12.5 Å². The first-order chi connectivity index (χ1) is 7.22. The number of benzene rings is 1. The number of aliphatic hydroxyl groups excluding tert-OH is 1. The van der Waals surface area contributed by atoms with Crippen molar-refractivity contribution < 1.29 is 13.9 Å². The molecule has 0 amide bonds. The van der Waals surface area contributed by atoms with Crippen LogP contribution in [0.1, 0.15) is 29.9 Å². The summed E-state index contributed by atoms with van der Waals surface area (Å²) < 4.78 is 25.0. The van der Waals surface area contributed by atoms with E-state index >= 15 is 0 Å². The summed E-state index contributed by atoms with van der Waals surface area (Å²) in [5.41, 5.74) is 1.80. The normalized spacial score (nSPS) is 25.3. The van der Waals surface area contributed by atoms with Gasteiger partial charge in [-0.1, -0.05) is 24.3 Å². The van der Waals surface area contributed by atoms with Gasteiger partial charge in [-0.15, -0.1) is 0 Å². The van der Waals surface area contributed by atoms with Gasteiger partial charge in [0, 0.05) is 5.92 Å². The van der Waals surface area contributed by atoms with Gasteiger partial charge in [-0.05, 0) is 29.9 Å². The lowest BCUT2D eigenvalue weighted by Gasteiger charge is -2.36. The molecule has 1 N–H and O–H groups in total. The van der Waals surface area contributed by atoms with Gasteiger partial charge < -0.3 is 5.11 Å². The highest BCUT2D eigenvalue weighted by Gasteiger charge is 2.38. The molecule has 15 heavy (non-hydrogen) atoms. The average Bonchev–Trinajstić information content (AvgIpc) is 2.16. The summed E-state index contributed by atoms with van der Waals surface area (Å²) in [5.74, 6) is -0.456. The van der Waals surface area contributed by atoms with Crippen LogP contribution in [0.3, 0.4) is 0 Å². The molecule has 1 saturated carbocycles. The third-order valence-corrected chi connectivity index (χ3v) is 3.24. The molecular weight excluding hydrogens is 198 g/mol. The van der Waals surface area contributed by atoms with Crippen molar-refractivity contribution in [1.82, 2.24) is 0 Å². The van der Waals surface area contributed by atoms with Crippen LogP contribution in [0, 0.1) is 5.92 Å². The Morgan fingerprint density at radius 1 is 1.20 bits per heavy atom. The molecule has 2 unspecified atom stereocenters. The lowest BCUT2D eigenvalue weighted by molar-refractivity contribution is 0.0168. The molecule has 2 rings (SSSR count). The van der Waals surface area contributed by atoms with Gasteiger partial charge in [0.15, 0.2) is 0 Å². The zero-order chi connectivity index (χ0) is 10.8. The largest absolute Gasteiger partial charge is 0.392 e. The summed E-state index contributed by atoms with van der Waals surface area (Å²) in [6.07, 6.45) is -0.723. The molecule has 1 aromatic carbocycles. The minimum Gasteiger partial charge on any atom is -0.392 e. The van der Waals surface area contributed by atoms with Gasteiger partial charge in [0.05, 0.1) is 6.61 Å². The van der Waals surface area contributed by atoms with Gasteiger partial charge in [0.1, 0.15) is 0 Å². The fraction of sp³-hybridized carbons (Fsp3) is 0.500. The van der Waals surface area contributed by atoms with Crippen molar-refractivity contribution in [2.45, 2.75) is 31.8 Å². The number of hydrogen-bond donors (Lipinski definition) is 1. The van der Waals surface area contributed by atoms with Gasteiger partial charge in [0.25, 0.3) is 0 Å². The molecule has 82 valence electrons. The highest BCUT2D eigenvalue weighted by molar-refractivity contribution is 5.27. The van der Waals surface area contributed by atoms with Crippen LogP contribution in [0.2, 0.25) is 0 Å². The molecule has 0 bridgehead atoms. The van der Waals surface area contributed by atoms with Crippen molar-refractivity contribution in [2.75, 3.05) is 0 Å². The van der Waals surface area contributed by atoms with Crippen molar-refractivity contribution in [3.05, 3.63) is 35.4 Å². The van der Waals surface area contributed by atoms with Crippen molar-refractivity contribution >= 4 is 0 Å². The second-order valence-corrected chi connectivity index (χ2v) is 4.08. The minimum atomic E-state index is -2.21. The Labute approximate surface area is 87.7 Å². The SMILES string of the molecule is OCc1ccc(C2CCC2C(F)F)cc1. The number of rotatable bonds is 3. The van der Waals surface area contributed by atoms with Crippen LogP contribution in [0.5, 0.6) is 0 Å². The molecule has 1 aliphatic rings. The van der Waals surface area contributed by atoms with E-state index in [0.717, 1.165) is 17.5 Å². The maximum absolute atomic E-state index is 12.5. The van der Waals surface area contributed by atoms with Crippen molar-refractivity contribution in [2.24, 2.45) is 5.92 Å². The Balaban J connectivity index is 2.09. The smallest absolute Gasteiger partial charge is 0.242 e. The molecule has 1 fully saturated rings. The van der Waals surface area contributed by atoms with E-state index in [2.05, 4.69) is 0 Å². The lowest BCUT2D eigenvalue weighted by atomic mass is 9.70. The van der Waals surface area contributed by atoms with E-state index in [1.54, 1.807) is 12.1 Å². The zero-order valence-electron chi connectivity index (χ0n) is 8.37. The molecular formula is C12H14F2O. The van der Waals surface area contributed by atoms with Crippen molar-refractivity contribution in [3.63, 3.8) is 0 Å². The molecule has 0 aromatic heterocycles. The molecule has 1 nitrogen and oxygen atoms in total. The second kappa shape index (κ2) is 4.27. The van der Waals surface area contributed by atoms with Gasteiger partial charge in [-0.25, -0.2) is 8.78 Å². The zero-order valence-corrected chi connectivity index (χ0v) is 8.37. The van der Waals surface area contributed by atoms with E-state index in [9.17, 15) is 8.78 Å². The predicted octanol–water partition coefficient (Wildman–Crippen LogP) is 2.94. The van der Waals surface area contributed by atoms with E-state index < -0.39 is 12.3 Å². The molecule has 0 spiro atoms. The van der Waals surface area contributed by atoms with Crippen LogP contribution in [0.4, 0.5) is 8.78 Å². The first-order valence-corrected chi connectivity index (χ1v) is 5.20. The Morgan fingerprint density at radius 2 is 1.87 bits per heavy atom. The maximum Gasteiger partial charge on any atom is 0.242 e. The maximum atomic E-state index is 12.5. The van der Waals surface area contributed by atoms with Crippen molar-refractivity contribution in [1.29, 1.82) is 0 Å². The summed E-state index contributed by atoms with van der Waals surface area (Å²) in [5, 5.41) is 8.86. The highest BCUT2D eigenvalue weighted by Crippen LogP contribution is 2.45. The van der Waals surface area contributed by atoms with E-state index in [0.29, 0.717) is 6.42 Å². The number of hydrogen-bond acceptors (Lipinski definition) is 1. The van der Waals surface area contributed by atoms with E-state index in [4.69, 9.17) is 5.11 Å².